The smallest absolute Gasteiger partial charge is 0.240 e. The van der Waals surface area contributed by atoms with Gasteiger partial charge < -0.3 is 5.32 Å². The van der Waals surface area contributed by atoms with Crippen LogP contribution in [-0.4, -0.2) is 21.5 Å². The monoisotopic (exact) mass is 284 g/mol. The lowest BCUT2D eigenvalue weighted by molar-refractivity contribution is 0.527. The molecule has 0 aromatic heterocycles. The van der Waals surface area contributed by atoms with Gasteiger partial charge >= 0.3 is 0 Å². The normalized spacial score (nSPS) is 13.5. The molecule has 0 bridgehead atoms. The minimum atomic E-state index is -3.37. The van der Waals surface area contributed by atoms with Crippen LogP contribution in [0.3, 0.4) is 0 Å². The van der Waals surface area contributed by atoms with E-state index in [1.165, 1.54) is 7.05 Å². The van der Waals surface area contributed by atoms with Crippen LogP contribution in [0.25, 0.3) is 0 Å². The van der Waals surface area contributed by atoms with Crippen molar-refractivity contribution in [2.45, 2.75) is 44.6 Å². The summed E-state index contributed by atoms with van der Waals surface area (Å²) in [6.07, 6.45) is 2.23. The average Bonchev–Trinajstić information content (AvgIpc) is 2.36. The van der Waals surface area contributed by atoms with E-state index in [2.05, 4.69) is 30.8 Å². The van der Waals surface area contributed by atoms with Crippen molar-refractivity contribution in [2.24, 2.45) is 5.92 Å². The molecule has 0 aliphatic rings. The molecule has 1 aromatic rings. The van der Waals surface area contributed by atoms with Gasteiger partial charge in [0.1, 0.15) is 0 Å². The average molecular weight is 284 g/mol. The second-order valence-corrected chi connectivity index (χ2v) is 7.14. The summed E-state index contributed by atoms with van der Waals surface area (Å²) in [5, 5.41) is 3.34. The fourth-order valence-corrected chi connectivity index (χ4v) is 2.59. The van der Waals surface area contributed by atoms with E-state index in [-0.39, 0.29) is 4.90 Å². The molecule has 0 fully saturated rings. The first-order chi connectivity index (χ1) is 8.85. The molecule has 2 N–H and O–H groups in total. The highest BCUT2D eigenvalue weighted by molar-refractivity contribution is 7.89. The van der Waals surface area contributed by atoms with Gasteiger partial charge in [-0.05, 0) is 50.9 Å². The van der Waals surface area contributed by atoms with Crippen LogP contribution in [0.15, 0.2) is 29.2 Å². The molecular formula is C14H24N2O2S. The molecule has 1 rings (SSSR count). The standard InChI is InChI=1S/C14H24N2O2S/c1-11(2)8-9-12(3)16-13-6-5-7-14(10-13)19(17,18)15-4/h5-7,10-12,15-16H,8-9H2,1-4H3. The van der Waals surface area contributed by atoms with Crippen LogP contribution >= 0.6 is 0 Å². The molecule has 1 atom stereocenters. The van der Waals surface area contributed by atoms with Crippen molar-refractivity contribution in [1.29, 1.82) is 0 Å². The molecule has 0 heterocycles. The van der Waals surface area contributed by atoms with Crippen LogP contribution in [0.4, 0.5) is 5.69 Å². The molecule has 19 heavy (non-hydrogen) atoms. The van der Waals surface area contributed by atoms with Crippen LogP contribution in [0.5, 0.6) is 0 Å². The van der Waals surface area contributed by atoms with Gasteiger partial charge in [0.2, 0.25) is 10.0 Å². The second kappa shape index (κ2) is 6.91. The van der Waals surface area contributed by atoms with Gasteiger partial charge in [-0.15, -0.1) is 0 Å². The molecular weight excluding hydrogens is 260 g/mol. The van der Waals surface area contributed by atoms with Gasteiger partial charge in [0.25, 0.3) is 0 Å². The number of benzene rings is 1. The van der Waals surface area contributed by atoms with Gasteiger partial charge in [-0.2, -0.15) is 0 Å². The maximum atomic E-state index is 11.7. The van der Waals surface area contributed by atoms with Crippen molar-refractivity contribution in [3.8, 4) is 0 Å². The van der Waals surface area contributed by atoms with Gasteiger partial charge in [-0.25, -0.2) is 13.1 Å². The van der Waals surface area contributed by atoms with E-state index in [1.807, 2.05) is 6.07 Å². The van der Waals surface area contributed by atoms with Crippen molar-refractivity contribution in [2.75, 3.05) is 12.4 Å². The summed E-state index contributed by atoms with van der Waals surface area (Å²) in [5.74, 6) is 0.681. The Balaban J connectivity index is 2.72. The fourth-order valence-electron chi connectivity index (χ4n) is 1.81. The number of anilines is 1. The van der Waals surface area contributed by atoms with Gasteiger partial charge in [-0.3, -0.25) is 0 Å². The summed E-state index contributed by atoms with van der Waals surface area (Å²) in [6, 6.07) is 7.23. The molecule has 108 valence electrons. The molecule has 5 heteroatoms. The Morgan fingerprint density at radius 2 is 1.84 bits per heavy atom. The number of hydrogen-bond acceptors (Lipinski definition) is 3. The number of hydrogen-bond donors (Lipinski definition) is 2. The van der Waals surface area contributed by atoms with E-state index in [1.54, 1.807) is 18.2 Å². The van der Waals surface area contributed by atoms with Crippen LogP contribution in [0.1, 0.15) is 33.6 Å². The van der Waals surface area contributed by atoms with Gasteiger partial charge in [0, 0.05) is 11.7 Å². The third kappa shape index (κ3) is 5.20. The number of nitrogens with one attached hydrogen (secondary N) is 2. The number of rotatable bonds is 7. The Hall–Kier alpha value is -1.07. The molecule has 0 amide bonds. The highest BCUT2D eigenvalue weighted by Gasteiger charge is 2.12. The Kier molecular flexibility index (Phi) is 5.82. The largest absolute Gasteiger partial charge is 0.383 e. The zero-order valence-corrected chi connectivity index (χ0v) is 12.9. The lowest BCUT2D eigenvalue weighted by atomic mass is 10.0. The minimum absolute atomic E-state index is 0.288. The first-order valence-electron chi connectivity index (χ1n) is 6.65. The highest BCUT2D eigenvalue weighted by atomic mass is 32.2. The summed E-state index contributed by atoms with van der Waals surface area (Å²) >= 11 is 0. The molecule has 0 spiro atoms. The molecule has 0 saturated carbocycles. The van der Waals surface area contributed by atoms with Crippen molar-refractivity contribution < 1.29 is 8.42 Å². The second-order valence-electron chi connectivity index (χ2n) is 5.25. The Morgan fingerprint density at radius 3 is 2.42 bits per heavy atom. The van der Waals surface area contributed by atoms with Crippen molar-refractivity contribution >= 4 is 15.7 Å². The van der Waals surface area contributed by atoms with Gasteiger partial charge in [-0.1, -0.05) is 19.9 Å². The molecule has 1 unspecified atom stereocenters. The summed E-state index contributed by atoms with van der Waals surface area (Å²) in [5.41, 5.74) is 0.840. The third-order valence-electron chi connectivity index (χ3n) is 3.00. The van der Waals surface area contributed by atoms with E-state index < -0.39 is 10.0 Å². The van der Waals surface area contributed by atoms with Crippen LogP contribution in [0, 0.1) is 5.92 Å². The van der Waals surface area contributed by atoms with E-state index in [0.717, 1.165) is 18.5 Å². The topological polar surface area (TPSA) is 58.2 Å². The predicted octanol–water partition coefficient (Wildman–Crippen LogP) is 2.83. The quantitative estimate of drug-likeness (QED) is 0.809. The van der Waals surface area contributed by atoms with Gasteiger partial charge in [0.05, 0.1) is 4.90 Å². The van der Waals surface area contributed by atoms with Gasteiger partial charge in [0.15, 0.2) is 0 Å². The molecule has 1 aromatic carbocycles. The maximum Gasteiger partial charge on any atom is 0.240 e. The summed E-state index contributed by atoms with van der Waals surface area (Å²) < 4.78 is 25.8. The van der Waals surface area contributed by atoms with Crippen LogP contribution in [0.2, 0.25) is 0 Å². The number of sulfonamides is 1. The van der Waals surface area contributed by atoms with E-state index in [4.69, 9.17) is 0 Å². The third-order valence-corrected chi connectivity index (χ3v) is 4.42. The van der Waals surface area contributed by atoms with Crippen molar-refractivity contribution in [3.05, 3.63) is 24.3 Å². The Labute approximate surface area is 116 Å². The summed E-state index contributed by atoms with van der Waals surface area (Å²) in [4.78, 5) is 0.288. The Bertz CT molecular complexity index is 498. The summed E-state index contributed by atoms with van der Waals surface area (Å²) in [6.45, 7) is 6.52. The predicted molar refractivity (Wildman–Crippen MR) is 79.8 cm³/mol. The maximum absolute atomic E-state index is 11.7. The van der Waals surface area contributed by atoms with Crippen LogP contribution < -0.4 is 10.0 Å². The lowest BCUT2D eigenvalue weighted by Gasteiger charge is -2.17. The van der Waals surface area contributed by atoms with E-state index >= 15 is 0 Å². The highest BCUT2D eigenvalue weighted by Crippen LogP contribution is 2.17. The van der Waals surface area contributed by atoms with Crippen molar-refractivity contribution in [1.82, 2.24) is 4.72 Å². The molecule has 0 aliphatic carbocycles. The molecule has 0 aliphatic heterocycles. The van der Waals surface area contributed by atoms with E-state index in [0.29, 0.717) is 12.0 Å². The Morgan fingerprint density at radius 1 is 1.16 bits per heavy atom. The summed E-state index contributed by atoms with van der Waals surface area (Å²) in [7, 11) is -1.95. The minimum Gasteiger partial charge on any atom is -0.383 e. The van der Waals surface area contributed by atoms with Crippen LogP contribution in [-0.2, 0) is 10.0 Å². The molecule has 4 nitrogen and oxygen atoms in total. The SMILES string of the molecule is CNS(=O)(=O)c1cccc(NC(C)CCC(C)C)c1. The lowest BCUT2D eigenvalue weighted by Crippen LogP contribution is -2.19. The first-order valence-corrected chi connectivity index (χ1v) is 8.13. The zero-order valence-electron chi connectivity index (χ0n) is 12.1. The van der Waals surface area contributed by atoms with Crippen molar-refractivity contribution in [3.63, 3.8) is 0 Å². The first kappa shape index (κ1) is 16.0. The molecule has 0 radical (unpaired) electrons. The zero-order chi connectivity index (χ0) is 14.5. The fraction of sp³-hybridized carbons (Fsp3) is 0.571. The molecule has 0 saturated heterocycles. The van der Waals surface area contributed by atoms with E-state index in [9.17, 15) is 8.42 Å².